The first-order valence-electron chi connectivity index (χ1n) is 7.02. The van der Waals surface area contributed by atoms with Crippen LogP contribution < -0.4 is 0 Å². The molecule has 0 aromatic rings. The van der Waals surface area contributed by atoms with E-state index in [9.17, 15) is 9.59 Å². The molecule has 0 rings (SSSR count). The predicted octanol–water partition coefficient (Wildman–Crippen LogP) is 3.11. The lowest BCUT2D eigenvalue weighted by Gasteiger charge is -2.13. The Balaban J connectivity index is 4.26. The summed E-state index contributed by atoms with van der Waals surface area (Å²) >= 11 is 0. The maximum absolute atomic E-state index is 11.7. The van der Waals surface area contributed by atoms with Crippen molar-refractivity contribution in [3.05, 3.63) is 12.2 Å². The standard InChI is InChI=1S/C15H26O4/c1-5-18-14(16)13(15(17)19-6-2)11-9-7-8-10-12(3)4/h8,10,12-13H,5-7,9,11H2,1-4H3/b10-8+. The number of hydrogen-bond acceptors (Lipinski definition) is 4. The molecule has 0 spiro atoms. The van der Waals surface area contributed by atoms with E-state index >= 15 is 0 Å². The van der Waals surface area contributed by atoms with Gasteiger partial charge < -0.3 is 9.47 Å². The molecule has 0 aliphatic rings. The summed E-state index contributed by atoms with van der Waals surface area (Å²) in [6.07, 6.45) is 6.29. The van der Waals surface area contributed by atoms with Crippen LogP contribution in [-0.4, -0.2) is 25.2 Å². The minimum absolute atomic E-state index is 0.280. The Kier molecular flexibility index (Phi) is 9.85. The summed E-state index contributed by atoms with van der Waals surface area (Å²) in [5, 5.41) is 0. The molecule has 0 radical (unpaired) electrons. The fourth-order valence-electron chi connectivity index (χ4n) is 1.63. The first-order chi connectivity index (χ1) is 9.02. The van der Waals surface area contributed by atoms with Crippen LogP contribution in [0.15, 0.2) is 12.2 Å². The van der Waals surface area contributed by atoms with Gasteiger partial charge in [-0.15, -0.1) is 0 Å². The molecule has 4 nitrogen and oxygen atoms in total. The van der Waals surface area contributed by atoms with Crippen molar-refractivity contribution in [3.63, 3.8) is 0 Å². The molecule has 0 aromatic carbocycles. The number of esters is 2. The van der Waals surface area contributed by atoms with Crippen molar-refractivity contribution in [2.75, 3.05) is 13.2 Å². The highest BCUT2D eigenvalue weighted by Gasteiger charge is 2.28. The fourth-order valence-corrected chi connectivity index (χ4v) is 1.63. The SMILES string of the molecule is CCOC(=O)C(CCC/C=C/C(C)C)C(=O)OCC. The van der Waals surface area contributed by atoms with Gasteiger partial charge in [-0.25, -0.2) is 0 Å². The highest BCUT2D eigenvalue weighted by Crippen LogP contribution is 2.14. The molecule has 0 heterocycles. The van der Waals surface area contributed by atoms with Crippen LogP contribution in [0.1, 0.15) is 47.0 Å². The van der Waals surface area contributed by atoms with Crippen molar-refractivity contribution >= 4 is 11.9 Å². The molecular weight excluding hydrogens is 244 g/mol. The van der Waals surface area contributed by atoms with Gasteiger partial charge in [-0.1, -0.05) is 26.0 Å². The second kappa shape index (κ2) is 10.6. The van der Waals surface area contributed by atoms with Gasteiger partial charge in [0.1, 0.15) is 0 Å². The molecule has 0 N–H and O–H groups in total. The Morgan fingerprint density at radius 1 is 1.05 bits per heavy atom. The molecule has 0 amide bonds. The minimum Gasteiger partial charge on any atom is -0.465 e. The van der Waals surface area contributed by atoms with Gasteiger partial charge in [0.25, 0.3) is 0 Å². The first-order valence-corrected chi connectivity index (χ1v) is 7.02. The largest absolute Gasteiger partial charge is 0.465 e. The molecule has 0 atom stereocenters. The van der Waals surface area contributed by atoms with E-state index in [-0.39, 0.29) is 13.2 Å². The second-order valence-electron chi connectivity index (χ2n) is 4.66. The van der Waals surface area contributed by atoms with Crippen LogP contribution in [0.5, 0.6) is 0 Å². The first kappa shape index (κ1) is 17.7. The molecule has 4 heteroatoms. The van der Waals surface area contributed by atoms with E-state index in [2.05, 4.69) is 26.0 Å². The Morgan fingerprint density at radius 2 is 1.58 bits per heavy atom. The Labute approximate surface area is 116 Å². The smallest absolute Gasteiger partial charge is 0.320 e. The van der Waals surface area contributed by atoms with Crippen LogP contribution >= 0.6 is 0 Å². The average Bonchev–Trinajstić information content (AvgIpc) is 2.33. The van der Waals surface area contributed by atoms with E-state index in [4.69, 9.17) is 9.47 Å². The summed E-state index contributed by atoms with van der Waals surface area (Å²) in [5.41, 5.74) is 0. The zero-order valence-electron chi connectivity index (χ0n) is 12.5. The molecule has 110 valence electrons. The third-order valence-corrected chi connectivity index (χ3v) is 2.53. The van der Waals surface area contributed by atoms with Gasteiger partial charge in [-0.2, -0.15) is 0 Å². The number of ether oxygens (including phenoxy) is 2. The lowest BCUT2D eigenvalue weighted by Crippen LogP contribution is -2.28. The summed E-state index contributed by atoms with van der Waals surface area (Å²) in [5.74, 6) is -1.22. The fraction of sp³-hybridized carbons (Fsp3) is 0.733. The maximum Gasteiger partial charge on any atom is 0.320 e. The van der Waals surface area contributed by atoms with E-state index in [0.717, 1.165) is 12.8 Å². The van der Waals surface area contributed by atoms with E-state index in [1.165, 1.54) is 0 Å². The van der Waals surface area contributed by atoms with Gasteiger partial charge in [0.15, 0.2) is 5.92 Å². The third kappa shape index (κ3) is 8.41. The Bertz CT molecular complexity index is 277. The zero-order chi connectivity index (χ0) is 14.7. The van der Waals surface area contributed by atoms with Crippen molar-refractivity contribution in [1.82, 2.24) is 0 Å². The van der Waals surface area contributed by atoms with Crippen LogP contribution in [0.25, 0.3) is 0 Å². The van der Waals surface area contributed by atoms with E-state index in [1.807, 2.05) is 0 Å². The van der Waals surface area contributed by atoms with Crippen molar-refractivity contribution in [2.24, 2.45) is 11.8 Å². The van der Waals surface area contributed by atoms with Gasteiger partial charge >= 0.3 is 11.9 Å². The molecule has 0 aromatic heterocycles. The van der Waals surface area contributed by atoms with Crippen LogP contribution in [0.2, 0.25) is 0 Å². The molecule has 0 fully saturated rings. The maximum atomic E-state index is 11.7. The number of carbonyl (C=O) groups excluding carboxylic acids is 2. The summed E-state index contributed by atoms with van der Waals surface area (Å²) in [4.78, 5) is 23.4. The molecule has 0 bridgehead atoms. The normalized spacial score (nSPS) is 11.3. The van der Waals surface area contributed by atoms with Crippen LogP contribution in [-0.2, 0) is 19.1 Å². The minimum atomic E-state index is -0.785. The molecule has 19 heavy (non-hydrogen) atoms. The van der Waals surface area contributed by atoms with Crippen LogP contribution in [0, 0.1) is 11.8 Å². The van der Waals surface area contributed by atoms with E-state index < -0.39 is 17.9 Å². The lowest BCUT2D eigenvalue weighted by atomic mass is 10.0. The lowest BCUT2D eigenvalue weighted by molar-refractivity contribution is -0.161. The molecule has 0 saturated heterocycles. The summed E-state index contributed by atoms with van der Waals surface area (Å²) < 4.78 is 9.82. The summed E-state index contributed by atoms with van der Waals surface area (Å²) in [7, 11) is 0. The number of hydrogen-bond donors (Lipinski definition) is 0. The number of rotatable bonds is 9. The number of allylic oxidation sites excluding steroid dienone is 2. The molecule has 0 saturated carbocycles. The predicted molar refractivity (Wildman–Crippen MR) is 74.6 cm³/mol. The van der Waals surface area contributed by atoms with Crippen molar-refractivity contribution in [3.8, 4) is 0 Å². The van der Waals surface area contributed by atoms with Crippen molar-refractivity contribution in [2.45, 2.75) is 47.0 Å². The van der Waals surface area contributed by atoms with Gasteiger partial charge in [0, 0.05) is 0 Å². The van der Waals surface area contributed by atoms with E-state index in [1.54, 1.807) is 13.8 Å². The monoisotopic (exact) mass is 270 g/mol. The summed E-state index contributed by atoms with van der Waals surface area (Å²) in [6, 6.07) is 0. The van der Waals surface area contributed by atoms with Gasteiger partial charge in [-0.3, -0.25) is 9.59 Å². The summed E-state index contributed by atoms with van der Waals surface area (Å²) in [6.45, 7) is 8.23. The number of carbonyl (C=O) groups is 2. The second-order valence-corrected chi connectivity index (χ2v) is 4.66. The quantitative estimate of drug-likeness (QED) is 0.279. The highest BCUT2D eigenvalue weighted by atomic mass is 16.6. The molecule has 0 aliphatic heterocycles. The Hall–Kier alpha value is -1.32. The molecular formula is C15H26O4. The van der Waals surface area contributed by atoms with Crippen LogP contribution in [0.4, 0.5) is 0 Å². The van der Waals surface area contributed by atoms with E-state index in [0.29, 0.717) is 12.3 Å². The Morgan fingerprint density at radius 3 is 2.00 bits per heavy atom. The molecule has 0 unspecified atom stereocenters. The van der Waals surface area contributed by atoms with Crippen LogP contribution in [0.3, 0.4) is 0 Å². The van der Waals surface area contributed by atoms with Crippen molar-refractivity contribution in [1.29, 1.82) is 0 Å². The highest BCUT2D eigenvalue weighted by molar-refractivity contribution is 5.94. The van der Waals surface area contributed by atoms with Gasteiger partial charge in [-0.05, 0) is 39.0 Å². The number of unbranched alkanes of at least 4 members (excludes halogenated alkanes) is 1. The zero-order valence-corrected chi connectivity index (χ0v) is 12.5. The molecule has 0 aliphatic carbocycles. The van der Waals surface area contributed by atoms with Gasteiger partial charge in [0.2, 0.25) is 0 Å². The average molecular weight is 270 g/mol. The van der Waals surface area contributed by atoms with Gasteiger partial charge in [0.05, 0.1) is 13.2 Å². The topological polar surface area (TPSA) is 52.6 Å². The van der Waals surface area contributed by atoms with Crippen molar-refractivity contribution < 1.29 is 19.1 Å². The third-order valence-electron chi connectivity index (χ3n) is 2.53.